The van der Waals surface area contributed by atoms with E-state index in [0.29, 0.717) is 11.6 Å². The zero-order chi connectivity index (χ0) is 13.8. The Balaban J connectivity index is 2.18. The number of aromatic nitrogens is 2. The summed E-state index contributed by atoms with van der Waals surface area (Å²) in [6, 6.07) is 8.49. The second-order valence-corrected chi connectivity index (χ2v) is 4.62. The van der Waals surface area contributed by atoms with Gasteiger partial charge in [-0.25, -0.2) is 15.8 Å². The third kappa shape index (κ3) is 3.27. The molecule has 0 atom stereocenters. The van der Waals surface area contributed by atoms with E-state index in [0.717, 1.165) is 10.2 Å². The van der Waals surface area contributed by atoms with E-state index >= 15 is 0 Å². The van der Waals surface area contributed by atoms with Crippen molar-refractivity contribution in [3.63, 3.8) is 0 Å². The second-order valence-electron chi connectivity index (χ2n) is 3.77. The van der Waals surface area contributed by atoms with Gasteiger partial charge in [-0.3, -0.25) is 4.79 Å². The first kappa shape index (κ1) is 13.4. The van der Waals surface area contributed by atoms with Crippen LogP contribution in [0.5, 0.6) is 0 Å². The molecule has 0 saturated heterocycles. The minimum absolute atomic E-state index is 0.262. The van der Waals surface area contributed by atoms with Gasteiger partial charge < -0.3 is 10.7 Å². The molecule has 2 aromatic rings. The number of anilines is 2. The molecule has 0 unspecified atom stereocenters. The van der Waals surface area contributed by atoms with E-state index < -0.39 is 0 Å². The van der Waals surface area contributed by atoms with Crippen molar-refractivity contribution in [2.24, 2.45) is 5.84 Å². The second kappa shape index (κ2) is 5.77. The number of rotatable bonds is 3. The number of hydrogen-bond acceptors (Lipinski definition) is 5. The molecule has 0 aliphatic carbocycles. The van der Waals surface area contributed by atoms with Gasteiger partial charge in [0.15, 0.2) is 0 Å². The first-order chi connectivity index (χ1) is 9.10. The first-order valence-electron chi connectivity index (χ1n) is 5.48. The zero-order valence-electron chi connectivity index (χ0n) is 10.1. The zero-order valence-corrected chi connectivity index (χ0v) is 11.7. The van der Waals surface area contributed by atoms with Gasteiger partial charge in [0.25, 0.3) is 5.91 Å². The molecule has 1 amide bonds. The molecule has 19 heavy (non-hydrogen) atoms. The van der Waals surface area contributed by atoms with Crippen molar-refractivity contribution in [2.45, 2.75) is 6.92 Å². The molecule has 0 saturated carbocycles. The summed E-state index contributed by atoms with van der Waals surface area (Å²) in [6.07, 6.45) is 0. The average molecular weight is 322 g/mol. The molecule has 0 fully saturated rings. The predicted octanol–water partition coefficient (Wildman–Crippen LogP) is 2.09. The van der Waals surface area contributed by atoms with Crippen LogP contribution in [0.3, 0.4) is 0 Å². The predicted molar refractivity (Wildman–Crippen MR) is 76.7 cm³/mol. The van der Waals surface area contributed by atoms with Gasteiger partial charge in [-0.1, -0.05) is 6.07 Å². The number of carbonyl (C=O) groups is 1. The molecule has 2 rings (SSSR count). The Hall–Kier alpha value is -1.99. The summed E-state index contributed by atoms with van der Waals surface area (Å²) in [4.78, 5) is 20.3. The molecule has 0 aromatic carbocycles. The average Bonchev–Trinajstić information content (AvgIpc) is 2.43. The first-order valence-corrected chi connectivity index (χ1v) is 6.27. The van der Waals surface area contributed by atoms with Gasteiger partial charge in [-0.15, -0.1) is 0 Å². The maximum Gasteiger partial charge on any atom is 0.275 e. The van der Waals surface area contributed by atoms with Crippen molar-refractivity contribution in [1.82, 2.24) is 9.97 Å². The lowest BCUT2D eigenvalue weighted by molar-refractivity contribution is 0.102. The monoisotopic (exact) mass is 321 g/mol. The topological polar surface area (TPSA) is 92.9 Å². The molecule has 98 valence electrons. The van der Waals surface area contributed by atoms with Gasteiger partial charge >= 0.3 is 0 Å². The summed E-state index contributed by atoms with van der Waals surface area (Å²) < 4.78 is 0.887. The van der Waals surface area contributed by atoms with Crippen molar-refractivity contribution in [3.05, 3.63) is 46.2 Å². The van der Waals surface area contributed by atoms with Crippen LogP contribution in [0.15, 0.2) is 34.8 Å². The van der Waals surface area contributed by atoms with Crippen LogP contribution in [-0.2, 0) is 0 Å². The van der Waals surface area contributed by atoms with Gasteiger partial charge in [-0.2, -0.15) is 0 Å². The fourth-order valence-corrected chi connectivity index (χ4v) is 1.66. The molecule has 0 bridgehead atoms. The normalized spacial score (nSPS) is 10.1. The Morgan fingerprint density at radius 3 is 2.68 bits per heavy atom. The van der Waals surface area contributed by atoms with Crippen molar-refractivity contribution in [3.8, 4) is 0 Å². The Morgan fingerprint density at radius 2 is 2.00 bits per heavy atom. The molecular weight excluding hydrogens is 310 g/mol. The van der Waals surface area contributed by atoms with Gasteiger partial charge in [0, 0.05) is 4.47 Å². The van der Waals surface area contributed by atoms with Gasteiger partial charge in [0.05, 0.1) is 5.69 Å². The maximum absolute atomic E-state index is 12.0. The Morgan fingerprint density at radius 1 is 1.21 bits per heavy atom. The third-order valence-corrected chi connectivity index (χ3v) is 3.23. The number of aryl methyl sites for hydroxylation is 1. The highest BCUT2D eigenvalue weighted by molar-refractivity contribution is 9.10. The van der Waals surface area contributed by atoms with E-state index in [1.54, 1.807) is 24.3 Å². The summed E-state index contributed by atoms with van der Waals surface area (Å²) in [5.74, 6) is 5.80. The van der Waals surface area contributed by atoms with E-state index in [-0.39, 0.29) is 11.6 Å². The highest BCUT2D eigenvalue weighted by atomic mass is 79.9. The molecule has 0 aliphatic heterocycles. The molecule has 0 aliphatic rings. The van der Waals surface area contributed by atoms with Crippen molar-refractivity contribution in [1.29, 1.82) is 0 Å². The van der Waals surface area contributed by atoms with Crippen LogP contribution < -0.4 is 16.6 Å². The molecule has 2 heterocycles. The molecule has 0 spiro atoms. The molecule has 4 N–H and O–H groups in total. The fourth-order valence-electron chi connectivity index (χ4n) is 1.44. The highest BCUT2D eigenvalue weighted by Crippen LogP contribution is 2.16. The van der Waals surface area contributed by atoms with Gasteiger partial charge in [0.2, 0.25) is 0 Å². The van der Waals surface area contributed by atoms with Crippen LogP contribution >= 0.6 is 15.9 Å². The summed E-state index contributed by atoms with van der Waals surface area (Å²) in [5, 5.41) is 2.68. The number of carbonyl (C=O) groups excluding carboxylic acids is 1. The summed E-state index contributed by atoms with van der Waals surface area (Å²) in [7, 11) is 0. The number of nitrogens with zero attached hydrogens (tertiary/aromatic N) is 2. The Kier molecular flexibility index (Phi) is 4.08. The highest BCUT2D eigenvalue weighted by Gasteiger charge is 2.09. The summed E-state index contributed by atoms with van der Waals surface area (Å²) in [6.45, 7) is 1.84. The van der Waals surface area contributed by atoms with E-state index in [2.05, 4.69) is 36.6 Å². The maximum atomic E-state index is 12.0. The Bertz CT molecular complexity index is 617. The van der Waals surface area contributed by atoms with Crippen LogP contribution in [-0.4, -0.2) is 15.9 Å². The number of hydrazine groups is 1. The number of pyridine rings is 2. The fraction of sp³-hybridized carbons (Fsp3) is 0.0833. The summed E-state index contributed by atoms with van der Waals surface area (Å²) in [5.41, 5.74) is 3.45. The third-order valence-electron chi connectivity index (χ3n) is 2.39. The van der Waals surface area contributed by atoms with Crippen LogP contribution in [0.25, 0.3) is 0 Å². The van der Waals surface area contributed by atoms with E-state index in [1.807, 2.05) is 13.0 Å². The van der Waals surface area contributed by atoms with Gasteiger partial charge in [0.1, 0.15) is 17.3 Å². The van der Waals surface area contributed by atoms with Crippen molar-refractivity contribution >= 4 is 33.5 Å². The van der Waals surface area contributed by atoms with E-state index in [9.17, 15) is 4.79 Å². The molecule has 6 nitrogen and oxygen atoms in total. The SMILES string of the molecule is Cc1nc(NC(=O)c2cccc(NN)n2)ccc1Br. The van der Waals surface area contributed by atoms with E-state index in [4.69, 9.17) is 5.84 Å². The summed E-state index contributed by atoms with van der Waals surface area (Å²) >= 11 is 3.35. The van der Waals surface area contributed by atoms with Crippen LogP contribution in [0.1, 0.15) is 16.2 Å². The quantitative estimate of drug-likeness (QED) is 0.594. The molecule has 7 heteroatoms. The molecular formula is C12H12BrN5O. The van der Waals surface area contributed by atoms with Gasteiger partial charge in [-0.05, 0) is 47.1 Å². The number of halogens is 1. The minimum atomic E-state index is -0.341. The smallest absolute Gasteiger partial charge is 0.275 e. The van der Waals surface area contributed by atoms with Crippen molar-refractivity contribution < 1.29 is 4.79 Å². The lowest BCUT2D eigenvalue weighted by atomic mass is 10.3. The number of nitrogens with one attached hydrogen (secondary N) is 2. The van der Waals surface area contributed by atoms with Crippen LogP contribution in [0.2, 0.25) is 0 Å². The minimum Gasteiger partial charge on any atom is -0.308 e. The molecule has 0 radical (unpaired) electrons. The number of amides is 1. The number of nitrogens with two attached hydrogens (primary N) is 1. The van der Waals surface area contributed by atoms with E-state index in [1.165, 1.54) is 0 Å². The lowest BCUT2D eigenvalue weighted by Crippen LogP contribution is -2.16. The lowest BCUT2D eigenvalue weighted by Gasteiger charge is -2.06. The van der Waals surface area contributed by atoms with Crippen LogP contribution in [0.4, 0.5) is 11.6 Å². The van der Waals surface area contributed by atoms with Crippen molar-refractivity contribution in [2.75, 3.05) is 10.7 Å². The number of hydrogen-bond donors (Lipinski definition) is 3. The Labute approximate surface area is 118 Å². The van der Waals surface area contributed by atoms with Crippen LogP contribution in [0, 0.1) is 6.92 Å². The molecule has 2 aromatic heterocycles. The standard InChI is InChI=1S/C12H12BrN5O/c1-7-8(13)5-6-10(15-7)17-12(19)9-3-2-4-11(16-9)18-14/h2-6H,14H2,1H3,(H,16,18)(H,15,17,19). The number of nitrogen functional groups attached to an aromatic ring is 1. The largest absolute Gasteiger partial charge is 0.308 e.